The average Bonchev–Trinajstić information content (AvgIpc) is 2.82. The van der Waals surface area contributed by atoms with Crippen LogP contribution in [0.1, 0.15) is 23.7 Å². The van der Waals surface area contributed by atoms with E-state index in [2.05, 4.69) is 16.3 Å². The quantitative estimate of drug-likeness (QED) is 0.792. The molecule has 1 aromatic carbocycles. The van der Waals surface area contributed by atoms with Gasteiger partial charge in [-0.1, -0.05) is 29.1 Å². The molecule has 2 aromatic rings. The number of nitrogens with zero attached hydrogens (tertiary/aromatic N) is 3. The third kappa shape index (κ3) is 3.55. The molecule has 0 unspecified atom stereocenters. The van der Waals surface area contributed by atoms with Crippen LogP contribution >= 0.6 is 23.2 Å². The smallest absolute Gasteiger partial charge is 0.310 e. The van der Waals surface area contributed by atoms with Gasteiger partial charge in [-0.05, 0) is 12.1 Å². The van der Waals surface area contributed by atoms with E-state index in [9.17, 15) is 18.0 Å². The molecule has 10 heteroatoms. The molecule has 5 nitrogen and oxygen atoms in total. The molecule has 0 aliphatic heterocycles. The largest absolute Gasteiger partial charge is 0.416 e. The second kappa shape index (κ2) is 6.67. The van der Waals surface area contributed by atoms with Crippen molar-refractivity contribution in [3.05, 3.63) is 39.0 Å². The summed E-state index contributed by atoms with van der Waals surface area (Å²) in [7, 11) is 0. The SMILES string of the molecule is C#Cc1c(C#N)nn(-c2c(Cl)cc(C(F)(F)F)cc2Cl)c1NC(C)=O. The highest BCUT2D eigenvalue weighted by Crippen LogP contribution is 2.39. The summed E-state index contributed by atoms with van der Waals surface area (Å²) >= 11 is 11.9. The van der Waals surface area contributed by atoms with Crippen molar-refractivity contribution in [3.8, 4) is 24.1 Å². The van der Waals surface area contributed by atoms with E-state index in [0.717, 1.165) is 4.68 Å². The maximum atomic E-state index is 12.8. The van der Waals surface area contributed by atoms with Gasteiger partial charge in [0.2, 0.25) is 5.91 Å². The van der Waals surface area contributed by atoms with Crippen molar-refractivity contribution < 1.29 is 18.0 Å². The summed E-state index contributed by atoms with van der Waals surface area (Å²) < 4.78 is 39.5. The number of terminal acetylenes is 1. The van der Waals surface area contributed by atoms with E-state index in [-0.39, 0.29) is 32.8 Å². The maximum Gasteiger partial charge on any atom is 0.416 e. The molecule has 0 aliphatic carbocycles. The first-order valence-corrected chi connectivity index (χ1v) is 7.19. The van der Waals surface area contributed by atoms with Gasteiger partial charge in [-0.3, -0.25) is 4.79 Å². The van der Waals surface area contributed by atoms with E-state index >= 15 is 0 Å². The number of carbonyl (C=O) groups is 1. The Morgan fingerprint density at radius 1 is 1.36 bits per heavy atom. The first-order valence-electron chi connectivity index (χ1n) is 6.44. The van der Waals surface area contributed by atoms with Crippen LogP contribution in [0.5, 0.6) is 0 Å². The summed E-state index contributed by atoms with van der Waals surface area (Å²) in [5, 5.41) is 14.6. The monoisotopic (exact) mass is 386 g/mol. The number of hydrogen-bond acceptors (Lipinski definition) is 3. The van der Waals surface area contributed by atoms with E-state index in [0.29, 0.717) is 12.1 Å². The third-order valence-electron chi connectivity index (χ3n) is 2.99. The van der Waals surface area contributed by atoms with E-state index in [4.69, 9.17) is 34.9 Å². The molecule has 25 heavy (non-hydrogen) atoms. The first kappa shape index (κ1) is 18.7. The Morgan fingerprint density at radius 2 is 1.92 bits per heavy atom. The van der Waals surface area contributed by atoms with Gasteiger partial charge in [-0.15, -0.1) is 6.42 Å². The Balaban J connectivity index is 2.79. The predicted octanol–water partition coefficient (Wildman–Crippen LogP) is 4.01. The molecule has 0 atom stereocenters. The third-order valence-corrected chi connectivity index (χ3v) is 3.56. The van der Waals surface area contributed by atoms with E-state index in [1.807, 2.05) is 0 Å². The standard InChI is InChI=1S/C15H7Cl2F3N4O/c1-3-9-12(6-21)23-24(14(9)22-7(2)25)13-10(16)4-8(5-11(13)17)15(18,19)20/h1,4-5H,2H3,(H,22,25). The van der Waals surface area contributed by atoms with Crippen LogP contribution < -0.4 is 5.32 Å². The van der Waals surface area contributed by atoms with Crippen LogP contribution in [0, 0.1) is 23.7 Å². The Labute approximate surface area is 149 Å². The number of nitrogens with one attached hydrogen (secondary N) is 1. The summed E-state index contributed by atoms with van der Waals surface area (Å²) in [5.74, 6) is 1.56. The number of amides is 1. The summed E-state index contributed by atoms with van der Waals surface area (Å²) in [6.45, 7) is 1.18. The van der Waals surface area contributed by atoms with Gasteiger partial charge >= 0.3 is 6.18 Å². The molecular formula is C15H7Cl2F3N4O. The van der Waals surface area contributed by atoms with E-state index in [1.165, 1.54) is 6.92 Å². The molecule has 2 rings (SSSR count). The van der Waals surface area contributed by atoms with Crippen LogP contribution in [0.4, 0.5) is 19.0 Å². The van der Waals surface area contributed by atoms with Gasteiger partial charge in [0, 0.05) is 6.92 Å². The molecule has 1 heterocycles. The molecule has 0 fully saturated rings. The molecular weight excluding hydrogens is 380 g/mol. The van der Waals surface area contributed by atoms with Crippen molar-refractivity contribution in [2.24, 2.45) is 0 Å². The topological polar surface area (TPSA) is 70.7 Å². The number of halogens is 5. The zero-order chi connectivity index (χ0) is 18.9. The van der Waals surface area contributed by atoms with Gasteiger partial charge in [0.1, 0.15) is 17.3 Å². The molecule has 0 radical (unpaired) electrons. The second-order valence-electron chi connectivity index (χ2n) is 4.71. The minimum atomic E-state index is -4.65. The van der Waals surface area contributed by atoms with Crippen molar-refractivity contribution in [2.45, 2.75) is 13.1 Å². The Morgan fingerprint density at radius 3 is 2.32 bits per heavy atom. The van der Waals surface area contributed by atoms with Gasteiger partial charge in [0.25, 0.3) is 0 Å². The average molecular weight is 387 g/mol. The van der Waals surface area contributed by atoms with Crippen LogP contribution in [-0.2, 0) is 11.0 Å². The number of anilines is 1. The molecule has 0 bridgehead atoms. The predicted molar refractivity (Wildman–Crippen MR) is 85.5 cm³/mol. The van der Waals surface area contributed by atoms with Crippen molar-refractivity contribution in [1.29, 1.82) is 5.26 Å². The summed E-state index contributed by atoms with van der Waals surface area (Å²) in [6, 6.07) is 3.05. The van der Waals surface area contributed by atoms with Gasteiger partial charge in [-0.25, -0.2) is 4.68 Å². The molecule has 1 amide bonds. The lowest BCUT2D eigenvalue weighted by atomic mass is 10.2. The fourth-order valence-electron chi connectivity index (χ4n) is 2.01. The number of rotatable bonds is 2. The van der Waals surface area contributed by atoms with Crippen LogP contribution in [0.25, 0.3) is 5.69 Å². The lowest BCUT2D eigenvalue weighted by Gasteiger charge is -2.14. The van der Waals surface area contributed by atoms with Crippen molar-refractivity contribution >= 4 is 34.9 Å². The Bertz CT molecular complexity index is 928. The normalized spacial score (nSPS) is 10.9. The number of carbonyl (C=O) groups excluding carboxylic acids is 1. The van der Waals surface area contributed by atoms with Crippen LogP contribution in [-0.4, -0.2) is 15.7 Å². The lowest BCUT2D eigenvalue weighted by Crippen LogP contribution is -2.13. The zero-order valence-corrected chi connectivity index (χ0v) is 13.9. The lowest BCUT2D eigenvalue weighted by molar-refractivity contribution is -0.137. The fourth-order valence-corrected chi connectivity index (χ4v) is 2.66. The Kier molecular flexibility index (Phi) is 4.98. The Hall–Kier alpha value is -2.68. The van der Waals surface area contributed by atoms with Crippen molar-refractivity contribution in [3.63, 3.8) is 0 Å². The number of alkyl halides is 3. The maximum absolute atomic E-state index is 12.8. The number of nitriles is 1. The highest BCUT2D eigenvalue weighted by molar-refractivity contribution is 6.38. The van der Waals surface area contributed by atoms with Gasteiger partial charge in [0.05, 0.1) is 15.6 Å². The van der Waals surface area contributed by atoms with Gasteiger partial charge in [0.15, 0.2) is 11.5 Å². The van der Waals surface area contributed by atoms with Gasteiger partial charge < -0.3 is 5.32 Å². The molecule has 0 saturated heterocycles. The van der Waals surface area contributed by atoms with Crippen LogP contribution in [0.2, 0.25) is 10.0 Å². The summed E-state index contributed by atoms with van der Waals surface area (Å²) in [6.07, 6.45) is 0.676. The number of benzene rings is 1. The highest BCUT2D eigenvalue weighted by atomic mass is 35.5. The molecule has 0 saturated carbocycles. The minimum Gasteiger partial charge on any atom is -0.310 e. The molecule has 1 aromatic heterocycles. The zero-order valence-electron chi connectivity index (χ0n) is 12.4. The second-order valence-corrected chi connectivity index (χ2v) is 5.52. The van der Waals surface area contributed by atoms with E-state index < -0.39 is 17.6 Å². The number of hydrogen-bond donors (Lipinski definition) is 1. The number of aromatic nitrogens is 2. The van der Waals surface area contributed by atoms with Crippen LogP contribution in [0.3, 0.4) is 0 Å². The summed E-state index contributed by atoms with van der Waals surface area (Å²) in [5.41, 5.74) is -1.49. The molecule has 0 spiro atoms. The van der Waals surface area contributed by atoms with Crippen molar-refractivity contribution in [1.82, 2.24) is 9.78 Å². The molecule has 0 aliphatic rings. The molecule has 1 N–H and O–H groups in total. The minimum absolute atomic E-state index is 0.0512. The van der Waals surface area contributed by atoms with Crippen LogP contribution in [0.15, 0.2) is 12.1 Å². The molecule has 128 valence electrons. The first-order chi connectivity index (χ1) is 11.6. The summed E-state index contributed by atoms with van der Waals surface area (Å²) in [4.78, 5) is 11.4. The van der Waals surface area contributed by atoms with Crippen molar-refractivity contribution in [2.75, 3.05) is 5.32 Å². The highest BCUT2D eigenvalue weighted by Gasteiger charge is 2.33. The van der Waals surface area contributed by atoms with E-state index in [1.54, 1.807) is 6.07 Å². The fraction of sp³-hybridized carbons (Fsp3) is 0.133. The van der Waals surface area contributed by atoms with Gasteiger partial charge in [-0.2, -0.15) is 23.5 Å².